The van der Waals surface area contributed by atoms with Crippen molar-refractivity contribution in [3.8, 4) is 0 Å². The number of benzene rings is 1. The molecule has 0 unspecified atom stereocenters. The smallest absolute Gasteiger partial charge is 0.242 e. The zero-order chi connectivity index (χ0) is 17.6. The molecule has 1 N–H and O–H groups in total. The van der Waals surface area contributed by atoms with Gasteiger partial charge in [0.05, 0.1) is 17.4 Å². The standard InChI is InChI=1S/C19H20N4O2/c1-3-22-14-9-5-4-8-13(14)21-18-17(22)16(12(2)24)19(25)23(18)15-10-6-7-11-20-15/h4-11,16-18,21H,3H2,1-2H3/t16-,17+,18+/m1/s1. The van der Waals surface area contributed by atoms with E-state index in [0.29, 0.717) is 12.4 Å². The van der Waals surface area contributed by atoms with Crippen LogP contribution in [0.3, 0.4) is 0 Å². The number of carbonyl (C=O) groups is 2. The van der Waals surface area contributed by atoms with Crippen molar-refractivity contribution in [3.05, 3.63) is 48.7 Å². The lowest BCUT2D eigenvalue weighted by atomic mass is 9.93. The molecule has 2 aromatic rings. The highest BCUT2D eigenvalue weighted by Gasteiger charge is 2.55. The number of carbonyl (C=O) groups excluding carboxylic acids is 2. The monoisotopic (exact) mass is 336 g/mol. The number of nitrogens with zero attached hydrogens (tertiary/aromatic N) is 3. The molecule has 3 atom stereocenters. The molecule has 1 saturated heterocycles. The molecular weight excluding hydrogens is 316 g/mol. The lowest BCUT2D eigenvalue weighted by Crippen LogP contribution is -2.55. The summed E-state index contributed by atoms with van der Waals surface area (Å²) >= 11 is 0. The normalized spacial score (nSPS) is 24.6. The van der Waals surface area contributed by atoms with Gasteiger partial charge in [-0.05, 0) is 38.1 Å². The first-order chi connectivity index (χ1) is 12.1. The summed E-state index contributed by atoms with van der Waals surface area (Å²) in [6.07, 6.45) is 1.33. The third-order valence-electron chi connectivity index (χ3n) is 5.00. The fourth-order valence-corrected chi connectivity index (χ4v) is 3.98. The number of nitrogens with one attached hydrogen (secondary N) is 1. The molecule has 0 bridgehead atoms. The summed E-state index contributed by atoms with van der Waals surface area (Å²) in [6.45, 7) is 4.26. The lowest BCUT2D eigenvalue weighted by Gasteiger charge is -2.43. The van der Waals surface area contributed by atoms with Gasteiger partial charge in [-0.1, -0.05) is 18.2 Å². The van der Waals surface area contributed by atoms with E-state index in [1.165, 1.54) is 6.92 Å². The van der Waals surface area contributed by atoms with Crippen molar-refractivity contribution in [2.75, 3.05) is 21.7 Å². The third-order valence-corrected chi connectivity index (χ3v) is 5.00. The molecule has 1 aromatic heterocycles. The Hall–Kier alpha value is -2.89. The van der Waals surface area contributed by atoms with Crippen molar-refractivity contribution < 1.29 is 9.59 Å². The fraction of sp³-hybridized carbons (Fsp3) is 0.316. The molecule has 4 rings (SSSR count). The van der Waals surface area contributed by atoms with E-state index in [-0.39, 0.29) is 23.9 Å². The number of anilines is 3. The molecule has 0 radical (unpaired) electrons. The van der Waals surface area contributed by atoms with E-state index in [2.05, 4.69) is 15.2 Å². The molecule has 6 nitrogen and oxygen atoms in total. The van der Waals surface area contributed by atoms with Gasteiger partial charge < -0.3 is 10.2 Å². The van der Waals surface area contributed by atoms with Crippen LogP contribution < -0.4 is 15.1 Å². The molecule has 0 saturated carbocycles. The van der Waals surface area contributed by atoms with Gasteiger partial charge in [-0.3, -0.25) is 14.5 Å². The van der Waals surface area contributed by atoms with E-state index < -0.39 is 5.92 Å². The van der Waals surface area contributed by atoms with Crippen molar-refractivity contribution >= 4 is 28.9 Å². The quantitative estimate of drug-likeness (QED) is 0.871. The van der Waals surface area contributed by atoms with Gasteiger partial charge in [0.1, 0.15) is 23.7 Å². The fourth-order valence-electron chi connectivity index (χ4n) is 3.98. The number of likely N-dealkylation sites (N-methyl/N-ethyl adjacent to an activating group) is 1. The minimum atomic E-state index is -0.701. The van der Waals surface area contributed by atoms with Crippen molar-refractivity contribution in [3.63, 3.8) is 0 Å². The van der Waals surface area contributed by atoms with Crippen LogP contribution >= 0.6 is 0 Å². The zero-order valence-electron chi connectivity index (χ0n) is 14.2. The maximum absolute atomic E-state index is 13.1. The highest BCUT2D eigenvalue weighted by atomic mass is 16.2. The Labute approximate surface area is 146 Å². The van der Waals surface area contributed by atoms with Crippen molar-refractivity contribution in [2.45, 2.75) is 26.1 Å². The minimum absolute atomic E-state index is 0.113. The number of hydrogen-bond donors (Lipinski definition) is 1. The molecule has 0 aliphatic carbocycles. The highest BCUT2D eigenvalue weighted by molar-refractivity contribution is 6.12. The van der Waals surface area contributed by atoms with Crippen LogP contribution in [0.5, 0.6) is 0 Å². The van der Waals surface area contributed by atoms with Crippen LogP contribution in [0.2, 0.25) is 0 Å². The Morgan fingerprint density at radius 2 is 1.96 bits per heavy atom. The van der Waals surface area contributed by atoms with Crippen molar-refractivity contribution in [2.24, 2.45) is 5.92 Å². The molecule has 128 valence electrons. The summed E-state index contributed by atoms with van der Waals surface area (Å²) in [5, 5.41) is 3.46. The average molecular weight is 336 g/mol. The molecule has 0 spiro atoms. The summed E-state index contributed by atoms with van der Waals surface area (Å²) in [4.78, 5) is 33.6. The second kappa shape index (κ2) is 5.88. The molecule has 1 aromatic carbocycles. The van der Waals surface area contributed by atoms with Gasteiger partial charge in [0, 0.05) is 12.7 Å². The first-order valence-electron chi connectivity index (χ1n) is 8.50. The number of rotatable bonds is 3. The van der Waals surface area contributed by atoms with Crippen LogP contribution in [-0.2, 0) is 9.59 Å². The first-order valence-corrected chi connectivity index (χ1v) is 8.50. The Morgan fingerprint density at radius 1 is 1.20 bits per heavy atom. The van der Waals surface area contributed by atoms with Gasteiger partial charge in [0.15, 0.2) is 0 Å². The van der Waals surface area contributed by atoms with Gasteiger partial charge in [-0.2, -0.15) is 0 Å². The number of para-hydroxylation sites is 2. The SMILES string of the molecule is CCN1c2ccccc2N[C@@H]2[C@@H]1[C@@H](C(C)=O)C(=O)N2c1ccccn1. The number of ketones is 1. The Morgan fingerprint density at radius 3 is 2.64 bits per heavy atom. The van der Waals surface area contributed by atoms with Crippen molar-refractivity contribution in [1.82, 2.24) is 4.98 Å². The van der Waals surface area contributed by atoms with Crippen LogP contribution in [0.25, 0.3) is 0 Å². The highest BCUT2D eigenvalue weighted by Crippen LogP contribution is 2.42. The lowest BCUT2D eigenvalue weighted by molar-refractivity contribution is -0.129. The minimum Gasteiger partial charge on any atom is -0.362 e. The molecule has 1 amide bonds. The zero-order valence-corrected chi connectivity index (χ0v) is 14.2. The number of pyridine rings is 1. The number of Topliss-reactive ketones (excluding diaryl/α,β-unsaturated/α-hetero) is 1. The van der Waals surface area contributed by atoms with Crippen LogP contribution in [0, 0.1) is 5.92 Å². The van der Waals surface area contributed by atoms with Gasteiger partial charge in [0.25, 0.3) is 0 Å². The number of aromatic nitrogens is 1. The Balaban J connectivity index is 1.86. The summed E-state index contributed by atoms with van der Waals surface area (Å²) in [6, 6.07) is 13.2. The second-order valence-corrected chi connectivity index (χ2v) is 6.37. The van der Waals surface area contributed by atoms with E-state index in [4.69, 9.17) is 0 Å². The first kappa shape index (κ1) is 15.6. The Kier molecular flexibility index (Phi) is 3.67. The number of hydrogen-bond acceptors (Lipinski definition) is 5. The molecule has 2 aliphatic rings. The molecule has 3 heterocycles. The predicted molar refractivity (Wildman–Crippen MR) is 96.6 cm³/mol. The predicted octanol–water partition coefficient (Wildman–Crippen LogP) is 2.28. The van der Waals surface area contributed by atoms with E-state index >= 15 is 0 Å². The Bertz CT molecular complexity index is 823. The second-order valence-electron chi connectivity index (χ2n) is 6.37. The van der Waals surface area contributed by atoms with Gasteiger partial charge >= 0.3 is 0 Å². The van der Waals surface area contributed by atoms with E-state index in [0.717, 1.165) is 11.4 Å². The molecular formula is C19H20N4O2. The third kappa shape index (κ3) is 2.28. The maximum Gasteiger partial charge on any atom is 0.242 e. The summed E-state index contributed by atoms with van der Waals surface area (Å²) in [5.74, 6) is -0.444. The summed E-state index contributed by atoms with van der Waals surface area (Å²) in [5.41, 5.74) is 1.98. The molecule has 25 heavy (non-hydrogen) atoms. The van der Waals surface area contributed by atoms with Gasteiger partial charge in [-0.25, -0.2) is 4.98 Å². The average Bonchev–Trinajstić information content (AvgIpc) is 2.92. The summed E-state index contributed by atoms with van der Waals surface area (Å²) < 4.78 is 0. The molecule has 6 heteroatoms. The van der Waals surface area contributed by atoms with Crippen LogP contribution in [0.4, 0.5) is 17.2 Å². The summed E-state index contributed by atoms with van der Waals surface area (Å²) in [7, 11) is 0. The number of fused-ring (bicyclic) bond motifs is 2. The van der Waals surface area contributed by atoms with Gasteiger partial charge in [-0.15, -0.1) is 0 Å². The van der Waals surface area contributed by atoms with Crippen molar-refractivity contribution in [1.29, 1.82) is 0 Å². The van der Waals surface area contributed by atoms with E-state index in [1.807, 2.05) is 43.3 Å². The largest absolute Gasteiger partial charge is 0.362 e. The van der Waals surface area contributed by atoms with Crippen LogP contribution in [0.1, 0.15) is 13.8 Å². The van der Waals surface area contributed by atoms with E-state index in [1.54, 1.807) is 17.2 Å². The maximum atomic E-state index is 13.1. The van der Waals surface area contributed by atoms with Crippen LogP contribution in [-0.4, -0.2) is 35.4 Å². The van der Waals surface area contributed by atoms with Gasteiger partial charge in [0.2, 0.25) is 5.91 Å². The van der Waals surface area contributed by atoms with E-state index in [9.17, 15) is 9.59 Å². The topological polar surface area (TPSA) is 65.5 Å². The number of amides is 1. The molecule has 1 fully saturated rings. The van der Waals surface area contributed by atoms with Crippen LogP contribution in [0.15, 0.2) is 48.7 Å². The molecule has 2 aliphatic heterocycles.